The van der Waals surface area contributed by atoms with Crippen molar-refractivity contribution < 1.29 is 14.3 Å². The molecule has 2 bridgehead atoms. The summed E-state index contributed by atoms with van der Waals surface area (Å²) in [6.07, 6.45) is 3.85. The Bertz CT molecular complexity index is 617. The van der Waals surface area contributed by atoms with Crippen molar-refractivity contribution in [2.75, 3.05) is 4.90 Å². The average Bonchev–Trinajstić information content (AvgIpc) is 2.96. The van der Waals surface area contributed by atoms with Gasteiger partial charge in [0.05, 0.1) is 28.7 Å². The van der Waals surface area contributed by atoms with Gasteiger partial charge in [0.15, 0.2) is 0 Å². The fourth-order valence-electron chi connectivity index (χ4n) is 3.86. The zero-order valence-corrected chi connectivity index (χ0v) is 11.4. The second kappa shape index (κ2) is 3.38. The van der Waals surface area contributed by atoms with Crippen molar-refractivity contribution in [3.63, 3.8) is 0 Å². The first kappa shape index (κ1) is 11.9. The van der Waals surface area contributed by atoms with Gasteiger partial charge in [-0.2, -0.15) is 0 Å². The third-order valence-electron chi connectivity index (χ3n) is 4.74. The lowest BCUT2D eigenvalue weighted by atomic mass is 9.73. The number of benzene rings is 1. The van der Waals surface area contributed by atoms with Crippen LogP contribution in [-0.4, -0.2) is 23.0 Å². The molecule has 0 spiro atoms. The smallest absolute Gasteiger partial charge is 0.241 e. The quantitative estimate of drug-likeness (QED) is 0.578. The van der Waals surface area contributed by atoms with Crippen molar-refractivity contribution in [2.45, 2.75) is 25.0 Å². The standard InChI is InChI=1S/C16H15NO3/c1-15-8-9-16(2,20-15)12-11(15)13(18)17(14(12)19)10-6-4-3-5-7-10/h3-9,11-12H,1-2H3/t11-,12+,15+,16-. The number of hydrogen-bond acceptors (Lipinski definition) is 3. The fourth-order valence-corrected chi connectivity index (χ4v) is 3.86. The van der Waals surface area contributed by atoms with Crippen molar-refractivity contribution in [3.8, 4) is 0 Å². The molecule has 0 saturated carbocycles. The van der Waals surface area contributed by atoms with E-state index in [1.54, 1.807) is 12.1 Å². The summed E-state index contributed by atoms with van der Waals surface area (Å²) in [7, 11) is 0. The van der Waals surface area contributed by atoms with Gasteiger partial charge in [-0.3, -0.25) is 9.59 Å². The highest BCUT2D eigenvalue weighted by molar-refractivity contribution is 6.23. The van der Waals surface area contributed by atoms with Crippen LogP contribution in [0.3, 0.4) is 0 Å². The highest BCUT2D eigenvalue weighted by atomic mass is 16.5. The third-order valence-corrected chi connectivity index (χ3v) is 4.74. The number of carbonyl (C=O) groups is 2. The van der Waals surface area contributed by atoms with Crippen LogP contribution in [0.5, 0.6) is 0 Å². The topological polar surface area (TPSA) is 46.6 Å². The number of anilines is 1. The molecule has 0 aliphatic carbocycles. The Kier molecular flexibility index (Phi) is 2.01. The molecular formula is C16H15NO3. The number of rotatable bonds is 1. The van der Waals surface area contributed by atoms with E-state index in [-0.39, 0.29) is 11.8 Å². The molecule has 0 N–H and O–H groups in total. The molecule has 4 heteroatoms. The van der Waals surface area contributed by atoms with Gasteiger partial charge >= 0.3 is 0 Å². The summed E-state index contributed by atoms with van der Waals surface area (Å²) in [5.41, 5.74) is -0.672. The van der Waals surface area contributed by atoms with E-state index < -0.39 is 23.0 Å². The maximum atomic E-state index is 12.7. The summed E-state index contributed by atoms with van der Waals surface area (Å²) in [4.78, 5) is 26.8. The van der Waals surface area contributed by atoms with E-state index in [0.29, 0.717) is 5.69 Å². The van der Waals surface area contributed by atoms with Crippen molar-refractivity contribution in [2.24, 2.45) is 11.8 Å². The molecule has 2 fully saturated rings. The summed E-state index contributed by atoms with van der Waals surface area (Å²) in [6, 6.07) is 9.11. The third kappa shape index (κ3) is 1.20. The number of carbonyl (C=O) groups excluding carboxylic acids is 2. The van der Waals surface area contributed by atoms with Gasteiger partial charge in [0.25, 0.3) is 0 Å². The molecule has 3 aliphatic rings. The van der Waals surface area contributed by atoms with Crippen LogP contribution in [0.4, 0.5) is 5.69 Å². The van der Waals surface area contributed by atoms with E-state index in [1.165, 1.54) is 4.90 Å². The number of fused-ring (bicyclic) bond motifs is 5. The molecule has 3 aliphatic heterocycles. The van der Waals surface area contributed by atoms with E-state index in [9.17, 15) is 9.59 Å². The second-order valence-electron chi connectivity index (χ2n) is 6.11. The highest BCUT2D eigenvalue weighted by Gasteiger charge is 2.70. The first-order chi connectivity index (χ1) is 9.46. The molecule has 20 heavy (non-hydrogen) atoms. The van der Waals surface area contributed by atoms with Gasteiger partial charge in [0.2, 0.25) is 11.8 Å². The second-order valence-corrected chi connectivity index (χ2v) is 6.11. The van der Waals surface area contributed by atoms with Crippen molar-refractivity contribution in [1.82, 2.24) is 0 Å². The Hall–Kier alpha value is -1.94. The Morgan fingerprint density at radius 2 is 1.45 bits per heavy atom. The molecule has 0 radical (unpaired) electrons. The number of imide groups is 1. The molecule has 2 saturated heterocycles. The van der Waals surface area contributed by atoms with Gasteiger partial charge < -0.3 is 4.74 Å². The lowest BCUT2D eigenvalue weighted by Gasteiger charge is -2.25. The Balaban J connectivity index is 1.83. The minimum atomic E-state index is -0.657. The molecule has 1 aromatic rings. The van der Waals surface area contributed by atoms with E-state index in [0.717, 1.165) is 0 Å². The molecular weight excluding hydrogens is 254 g/mol. The molecule has 4 rings (SSSR count). The van der Waals surface area contributed by atoms with Gasteiger partial charge in [0.1, 0.15) is 0 Å². The summed E-state index contributed by atoms with van der Waals surface area (Å²) in [5.74, 6) is -1.13. The lowest BCUT2D eigenvalue weighted by Crippen LogP contribution is -2.39. The molecule has 0 unspecified atom stereocenters. The normalized spacial score (nSPS) is 41.6. The summed E-state index contributed by atoms with van der Waals surface area (Å²) < 4.78 is 5.96. The van der Waals surface area contributed by atoms with E-state index >= 15 is 0 Å². The van der Waals surface area contributed by atoms with Crippen molar-refractivity contribution in [3.05, 3.63) is 42.5 Å². The number of hydrogen-bond donors (Lipinski definition) is 0. The van der Waals surface area contributed by atoms with Crippen LogP contribution in [0.15, 0.2) is 42.5 Å². The maximum Gasteiger partial charge on any atom is 0.241 e. The number of para-hydroxylation sites is 1. The van der Waals surface area contributed by atoms with Gasteiger partial charge in [-0.05, 0) is 26.0 Å². The van der Waals surface area contributed by atoms with Crippen molar-refractivity contribution >= 4 is 17.5 Å². The molecule has 3 heterocycles. The van der Waals surface area contributed by atoms with Gasteiger partial charge in [-0.15, -0.1) is 0 Å². The van der Waals surface area contributed by atoms with Crippen LogP contribution in [0.2, 0.25) is 0 Å². The van der Waals surface area contributed by atoms with Gasteiger partial charge in [0, 0.05) is 0 Å². The molecule has 102 valence electrons. The van der Waals surface area contributed by atoms with E-state index in [4.69, 9.17) is 4.74 Å². The summed E-state index contributed by atoms with van der Waals surface area (Å²) >= 11 is 0. The minimum Gasteiger partial charge on any atom is -0.359 e. The van der Waals surface area contributed by atoms with Crippen LogP contribution >= 0.6 is 0 Å². The molecule has 2 amide bonds. The SMILES string of the molecule is C[C@]12C=C[C@](C)(O1)[C@H]1C(=O)N(c3ccccc3)C(=O)[C@H]12. The summed E-state index contributed by atoms with van der Waals surface area (Å²) in [5, 5.41) is 0. The lowest BCUT2D eigenvalue weighted by molar-refractivity contribution is -0.128. The predicted octanol–water partition coefficient (Wildman–Crippen LogP) is 1.91. The molecule has 0 aromatic heterocycles. The molecule has 4 atom stereocenters. The van der Waals surface area contributed by atoms with E-state index in [2.05, 4.69) is 0 Å². The molecule has 4 nitrogen and oxygen atoms in total. The Labute approximate surface area is 117 Å². The first-order valence-corrected chi connectivity index (χ1v) is 6.80. The van der Waals surface area contributed by atoms with Gasteiger partial charge in [-0.25, -0.2) is 4.90 Å². The predicted molar refractivity (Wildman–Crippen MR) is 73.0 cm³/mol. The Morgan fingerprint density at radius 3 is 1.95 bits per heavy atom. The fraction of sp³-hybridized carbons (Fsp3) is 0.375. The number of nitrogens with zero attached hydrogens (tertiary/aromatic N) is 1. The Morgan fingerprint density at radius 1 is 0.950 bits per heavy atom. The largest absolute Gasteiger partial charge is 0.359 e. The zero-order chi connectivity index (χ0) is 14.1. The number of amides is 2. The molecule has 1 aromatic carbocycles. The monoisotopic (exact) mass is 269 g/mol. The van der Waals surface area contributed by atoms with Crippen LogP contribution in [0.25, 0.3) is 0 Å². The van der Waals surface area contributed by atoms with Gasteiger partial charge in [-0.1, -0.05) is 30.4 Å². The summed E-state index contributed by atoms with van der Waals surface area (Å²) in [6.45, 7) is 3.78. The maximum absolute atomic E-state index is 12.7. The number of ether oxygens (including phenoxy) is 1. The zero-order valence-electron chi connectivity index (χ0n) is 11.4. The van der Waals surface area contributed by atoms with Crippen LogP contribution in [-0.2, 0) is 14.3 Å². The minimum absolute atomic E-state index is 0.151. The first-order valence-electron chi connectivity index (χ1n) is 6.80. The van der Waals surface area contributed by atoms with Crippen LogP contribution in [0.1, 0.15) is 13.8 Å². The average molecular weight is 269 g/mol. The van der Waals surface area contributed by atoms with E-state index in [1.807, 2.05) is 44.2 Å². The highest BCUT2D eigenvalue weighted by Crippen LogP contribution is 2.57. The van der Waals surface area contributed by atoms with Crippen LogP contribution < -0.4 is 4.90 Å². The van der Waals surface area contributed by atoms with Crippen molar-refractivity contribution in [1.29, 1.82) is 0 Å². The van der Waals surface area contributed by atoms with Crippen LogP contribution in [0, 0.1) is 11.8 Å².